The molecule has 0 bridgehead atoms. The van der Waals surface area contributed by atoms with Crippen molar-refractivity contribution in [2.45, 2.75) is 65.9 Å². The lowest BCUT2D eigenvalue weighted by Crippen LogP contribution is -2.46. The van der Waals surface area contributed by atoms with Crippen molar-refractivity contribution in [3.63, 3.8) is 0 Å². The van der Waals surface area contributed by atoms with Crippen molar-refractivity contribution < 1.29 is 4.74 Å². The number of guanidine groups is 1. The lowest BCUT2D eigenvalue weighted by atomic mass is 10.1. The number of rotatable bonds is 7. The summed E-state index contributed by atoms with van der Waals surface area (Å²) >= 11 is 0. The lowest BCUT2D eigenvalue weighted by Gasteiger charge is -2.31. The van der Waals surface area contributed by atoms with Crippen molar-refractivity contribution in [3.8, 4) is 0 Å². The van der Waals surface area contributed by atoms with Crippen molar-refractivity contribution in [2.24, 2.45) is 10.9 Å². The van der Waals surface area contributed by atoms with Crippen LogP contribution in [0, 0.1) is 5.92 Å². The summed E-state index contributed by atoms with van der Waals surface area (Å²) in [6, 6.07) is 9.89. The molecule has 0 saturated carbocycles. The Balaban J connectivity index is 1.59. The Kier molecular flexibility index (Phi) is 8.54. The number of nitrogens with one attached hydrogen (secondary N) is 2. The predicted octanol–water partition coefficient (Wildman–Crippen LogP) is 2.69. The molecule has 6 heteroatoms. The molecule has 3 atom stereocenters. The first-order valence-electron chi connectivity index (χ1n) is 11.6. The number of benzene rings is 1. The first kappa shape index (κ1) is 23.0. The van der Waals surface area contributed by atoms with E-state index in [2.05, 4.69) is 79.3 Å². The minimum atomic E-state index is 0.324. The highest BCUT2D eigenvalue weighted by Gasteiger charge is 2.31. The molecule has 168 valence electrons. The van der Waals surface area contributed by atoms with Gasteiger partial charge in [0.2, 0.25) is 0 Å². The van der Waals surface area contributed by atoms with Gasteiger partial charge in [-0.3, -0.25) is 9.80 Å². The summed E-state index contributed by atoms with van der Waals surface area (Å²) in [5.41, 5.74) is 2.61. The first-order valence-corrected chi connectivity index (χ1v) is 11.6. The second-order valence-corrected chi connectivity index (χ2v) is 9.21. The highest BCUT2D eigenvalue weighted by Crippen LogP contribution is 2.18. The summed E-state index contributed by atoms with van der Waals surface area (Å²) in [6.07, 6.45) is 0.324. The maximum absolute atomic E-state index is 5.66. The first-order chi connectivity index (χ1) is 14.4. The number of likely N-dealkylation sites (tertiary alicyclic amines) is 1. The molecule has 0 aliphatic carbocycles. The molecule has 0 aromatic heterocycles. The average Bonchev–Trinajstić information content (AvgIpc) is 3.07. The number of ether oxygens (including phenoxy) is 1. The Hall–Kier alpha value is -1.63. The quantitative estimate of drug-likeness (QED) is 0.530. The fourth-order valence-electron chi connectivity index (χ4n) is 4.40. The van der Waals surface area contributed by atoms with E-state index >= 15 is 0 Å². The molecular formula is C24H41N5O. The van der Waals surface area contributed by atoms with Crippen molar-refractivity contribution in [1.82, 2.24) is 20.4 Å². The molecule has 3 unspecified atom stereocenters. The van der Waals surface area contributed by atoms with Crippen LogP contribution in [0.15, 0.2) is 29.3 Å². The largest absolute Gasteiger partial charge is 0.376 e. The van der Waals surface area contributed by atoms with Gasteiger partial charge in [0.1, 0.15) is 0 Å². The van der Waals surface area contributed by atoms with E-state index in [0.717, 1.165) is 51.8 Å². The lowest BCUT2D eigenvalue weighted by molar-refractivity contribution is -0.0212. The molecule has 2 saturated heterocycles. The van der Waals surface area contributed by atoms with E-state index < -0.39 is 0 Å². The highest BCUT2D eigenvalue weighted by atomic mass is 16.5. The average molecular weight is 416 g/mol. The van der Waals surface area contributed by atoms with E-state index in [4.69, 9.17) is 9.73 Å². The molecule has 0 amide bonds. The fraction of sp³-hybridized carbons (Fsp3) is 0.708. The smallest absolute Gasteiger partial charge is 0.191 e. The van der Waals surface area contributed by atoms with Crippen LogP contribution in [0.5, 0.6) is 0 Å². The van der Waals surface area contributed by atoms with Crippen LogP contribution in [-0.2, 0) is 17.8 Å². The van der Waals surface area contributed by atoms with Gasteiger partial charge in [-0.15, -0.1) is 0 Å². The highest BCUT2D eigenvalue weighted by molar-refractivity contribution is 5.80. The van der Waals surface area contributed by atoms with Crippen LogP contribution in [0.1, 0.15) is 45.7 Å². The third-order valence-corrected chi connectivity index (χ3v) is 6.18. The Morgan fingerprint density at radius 1 is 1.20 bits per heavy atom. The summed E-state index contributed by atoms with van der Waals surface area (Å²) < 4.78 is 5.66. The molecular weight excluding hydrogens is 374 g/mol. The SMILES string of the molecule is CCNC(=NCc1cccc(CN2CCOC(C)C2)c1)NC1CN(C(C)C)CC1C. The Morgan fingerprint density at radius 3 is 2.70 bits per heavy atom. The Labute approximate surface area is 183 Å². The second-order valence-electron chi connectivity index (χ2n) is 9.21. The van der Waals surface area contributed by atoms with Gasteiger partial charge >= 0.3 is 0 Å². The van der Waals surface area contributed by atoms with Gasteiger partial charge in [-0.2, -0.15) is 0 Å². The van der Waals surface area contributed by atoms with Crippen LogP contribution >= 0.6 is 0 Å². The minimum Gasteiger partial charge on any atom is -0.376 e. The van der Waals surface area contributed by atoms with Gasteiger partial charge < -0.3 is 15.4 Å². The van der Waals surface area contributed by atoms with E-state index in [1.807, 2.05) is 0 Å². The molecule has 2 fully saturated rings. The molecule has 30 heavy (non-hydrogen) atoms. The van der Waals surface area contributed by atoms with Gasteiger partial charge in [0.05, 0.1) is 19.3 Å². The monoisotopic (exact) mass is 415 g/mol. The number of hydrogen-bond acceptors (Lipinski definition) is 4. The normalized spacial score (nSPS) is 26.3. The van der Waals surface area contributed by atoms with Crippen LogP contribution in [-0.4, -0.2) is 73.3 Å². The van der Waals surface area contributed by atoms with Gasteiger partial charge in [-0.25, -0.2) is 4.99 Å². The van der Waals surface area contributed by atoms with Gasteiger partial charge in [0, 0.05) is 51.4 Å². The van der Waals surface area contributed by atoms with E-state index in [1.165, 1.54) is 11.1 Å². The van der Waals surface area contributed by atoms with Crippen molar-refractivity contribution in [1.29, 1.82) is 0 Å². The summed E-state index contributed by atoms with van der Waals surface area (Å²) in [6.45, 7) is 18.8. The zero-order chi connectivity index (χ0) is 21.5. The van der Waals surface area contributed by atoms with E-state index in [0.29, 0.717) is 30.7 Å². The van der Waals surface area contributed by atoms with Crippen LogP contribution in [0.4, 0.5) is 0 Å². The number of nitrogens with zero attached hydrogens (tertiary/aromatic N) is 3. The molecule has 2 N–H and O–H groups in total. The summed E-state index contributed by atoms with van der Waals surface area (Å²) in [5.74, 6) is 1.54. The molecule has 2 aliphatic heterocycles. The van der Waals surface area contributed by atoms with Crippen molar-refractivity contribution >= 4 is 5.96 Å². The summed E-state index contributed by atoms with van der Waals surface area (Å²) in [5, 5.41) is 7.11. The maximum atomic E-state index is 5.66. The zero-order valence-electron chi connectivity index (χ0n) is 19.5. The van der Waals surface area contributed by atoms with E-state index in [1.54, 1.807) is 0 Å². The molecule has 3 rings (SSSR count). The second kappa shape index (κ2) is 11.1. The fourth-order valence-corrected chi connectivity index (χ4v) is 4.40. The number of hydrogen-bond donors (Lipinski definition) is 2. The molecule has 2 aliphatic rings. The van der Waals surface area contributed by atoms with Gasteiger partial charge in [0.15, 0.2) is 5.96 Å². The van der Waals surface area contributed by atoms with Crippen molar-refractivity contribution in [2.75, 3.05) is 39.3 Å². The summed E-state index contributed by atoms with van der Waals surface area (Å²) in [7, 11) is 0. The maximum Gasteiger partial charge on any atom is 0.191 e. The molecule has 0 spiro atoms. The van der Waals surface area contributed by atoms with Crippen molar-refractivity contribution in [3.05, 3.63) is 35.4 Å². The van der Waals surface area contributed by atoms with E-state index in [-0.39, 0.29) is 0 Å². The summed E-state index contributed by atoms with van der Waals surface area (Å²) in [4.78, 5) is 9.91. The van der Waals surface area contributed by atoms with Gasteiger partial charge in [-0.05, 0) is 44.7 Å². The van der Waals surface area contributed by atoms with Crippen LogP contribution in [0.25, 0.3) is 0 Å². The number of aliphatic imine (C=N–C) groups is 1. The standard InChI is InChI=1S/C24H41N5O/c1-6-25-24(27-23-17-29(18(2)3)14-19(23)4)26-13-21-8-7-9-22(12-21)16-28-10-11-30-20(5)15-28/h7-9,12,18-20,23H,6,10-11,13-17H2,1-5H3,(H2,25,26,27). The van der Waals surface area contributed by atoms with Crippen LogP contribution < -0.4 is 10.6 Å². The number of morpholine rings is 1. The molecule has 6 nitrogen and oxygen atoms in total. The topological polar surface area (TPSA) is 52.1 Å². The Bertz CT molecular complexity index is 692. The molecule has 1 aromatic carbocycles. The van der Waals surface area contributed by atoms with Gasteiger partial charge in [-0.1, -0.05) is 31.2 Å². The van der Waals surface area contributed by atoms with E-state index in [9.17, 15) is 0 Å². The third kappa shape index (κ3) is 6.69. The molecule has 2 heterocycles. The third-order valence-electron chi connectivity index (χ3n) is 6.18. The zero-order valence-corrected chi connectivity index (χ0v) is 19.5. The Morgan fingerprint density at radius 2 is 2.00 bits per heavy atom. The van der Waals surface area contributed by atoms with Crippen LogP contribution in [0.3, 0.4) is 0 Å². The molecule has 1 aromatic rings. The minimum absolute atomic E-state index is 0.324. The predicted molar refractivity (Wildman–Crippen MR) is 125 cm³/mol. The van der Waals surface area contributed by atoms with Crippen LogP contribution in [0.2, 0.25) is 0 Å². The van der Waals surface area contributed by atoms with Gasteiger partial charge in [0.25, 0.3) is 0 Å². The molecule has 0 radical (unpaired) electrons.